The van der Waals surface area contributed by atoms with Crippen molar-refractivity contribution in [3.63, 3.8) is 0 Å². The van der Waals surface area contributed by atoms with Crippen LogP contribution >= 0.6 is 23.2 Å². The van der Waals surface area contributed by atoms with E-state index in [0.29, 0.717) is 36.0 Å². The first-order chi connectivity index (χ1) is 30.5. The van der Waals surface area contributed by atoms with Crippen LogP contribution in [0.5, 0.6) is 0 Å². The number of aliphatic hydroxyl groups excluding tert-OH is 2. The Morgan fingerprint density at radius 1 is 0.578 bits per heavy atom. The maximum atomic E-state index is 12.9. The van der Waals surface area contributed by atoms with E-state index >= 15 is 0 Å². The molecule has 0 saturated carbocycles. The average molecular weight is 906 g/mol. The fraction of sp³-hybridized carbons (Fsp3) is 0.385. The molecule has 2 saturated heterocycles. The SMILES string of the molecule is CC(C)(C)OC(=O)N1CCCC[C@H]1[C@@H](O)c1cc(-c2ccc(Cl)cc2)nc2ccccc12.CC(C)(C)OC(=O)N1CCCC[C@H]1[C@H](O)c1cc(-c2ccc(Cl)cc2)nc2ccccc12. The van der Waals surface area contributed by atoms with Crippen LogP contribution < -0.4 is 0 Å². The summed E-state index contributed by atoms with van der Waals surface area (Å²) in [6.45, 7) is 12.3. The number of amides is 2. The number of fused-ring (bicyclic) bond motifs is 2. The first-order valence-corrected chi connectivity index (χ1v) is 22.9. The minimum absolute atomic E-state index is 0.359. The van der Waals surface area contributed by atoms with Crippen LogP contribution in [0.4, 0.5) is 9.59 Å². The van der Waals surface area contributed by atoms with Crippen LogP contribution in [-0.4, -0.2) is 78.5 Å². The first kappa shape index (κ1) is 46.7. The second-order valence-corrected chi connectivity index (χ2v) is 19.5. The Balaban J connectivity index is 0.000000191. The molecule has 10 nitrogen and oxygen atoms in total. The molecule has 2 fully saturated rings. The number of pyridine rings is 2. The number of nitrogens with zero attached hydrogens (tertiary/aromatic N) is 4. The summed E-state index contributed by atoms with van der Waals surface area (Å²) in [6, 6.07) is 33.7. The Hall–Kier alpha value is -5.26. The number of aromatic nitrogens is 2. The number of rotatable bonds is 6. The van der Waals surface area contributed by atoms with Crippen molar-refractivity contribution >= 4 is 57.2 Å². The fourth-order valence-corrected chi connectivity index (χ4v) is 8.76. The van der Waals surface area contributed by atoms with E-state index in [2.05, 4.69) is 0 Å². The summed E-state index contributed by atoms with van der Waals surface area (Å²) >= 11 is 12.1. The lowest BCUT2D eigenvalue weighted by Crippen LogP contribution is -2.48. The van der Waals surface area contributed by atoms with Crippen LogP contribution in [0.1, 0.15) is 103 Å². The van der Waals surface area contributed by atoms with Crippen molar-refractivity contribution in [1.29, 1.82) is 0 Å². The van der Waals surface area contributed by atoms with E-state index in [1.165, 1.54) is 0 Å². The molecule has 0 aliphatic carbocycles. The molecular formula is C52H58Cl2N4O6. The number of carbonyl (C=O) groups is 2. The van der Waals surface area contributed by atoms with E-state index in [1.807, 2.05) is 151 Å². The van der Waals surface area contributed by atoms with Gasteiger partial charge in [-0.15, -0.1) is 0 Å². The van der Waals surface area contributed by atoms with Crippen molar-refractivity contribution in [3.8, 4) is 22.5 Å². The van der Waals surface area contributed by atoms with Gasteiger partial charge in [0.25, 0.3) is 0 Å². The van der Waals surface area contributed by atoms with E-state index in [1.54, 1.807) is 9.80 Å². The lowest BCUT2D eigenvalue weighted by Gasteiger charge is -2.39. The van der Waals surface area contributed by atoms with Crippen LogP contribution in [0.2, 0.25) is 10.0 Å². The third-order valence-electron chi connectivity index (χ3n) is 11.5. The predicted molar refractivity (Wildman–Crippen MR) is 255 cm³/mol. The number of para-hydroxylation sites is 2. The summed E-state index contributed by atoms with van der Waals surface area (Å²) in [5, 5.41) is 26.2. The molecular weight excluding hydrogens is 847 g/mol. The number of halogens is 2. The highest BCUT2D eigenvalue weighted by atomic mass is 35.5. The molecule has 6 aromatic rings. The lowest BCUT2D eigenvalue weighted by molar-refractivity contribution is -0.0170. The Morgan fingerprint density at radius 3 is 1.30 bits per heavy atom. The van der Waals surface area contributed by atoms with Gasteiger partial charge in [-0.25, -0.2) is 19.6 Å². The summed E-state index contributed by atoms with van der Waals surface area (Å²) in [7, 11) is 0. The van der Waals surface area contributed by atoms with Gasteiger partial charge in [-0.05, 0) is 140 Å². The van der Waals surface area contributed by atoms with E-state index in [-0.39, 0.29) is 24.3 Å². The molecule has 64 heavy (non-hydrogen) atoms. The minimum Gasteiger partial charge on any atom is -0.444 e. The van der Waals surface area contributed by atoms with E-state index in [0.717, 1.165) is 81.1 Å². The molecule has 2 N–H and O–H groups in total. The first-order valence-electron chi connectivity index (χ1n) is 22.1. The Labute approximate surface area is 386 Å². The van der Waals surface area contributed by atoms with Crippen molar-refractivity contribution in [2.75, 3.05) is 13.1 Å². The largest absolute Gasteiger partial charge is 0.444 e. The van der Waals surface area contributed by atoms with Crippen LogP contribution in [0.15, 0.2) is 109 Å². The molecule has 4 heterocycles. The number of hydrogen-bond acceptors (Lipinski definition) is 8. The highest BCUT2D eigenvalue weighted by Crippen LogP contribution is 2.38. The van der Waals surface area contributed by atoms with E-state index in [4.69, 9.17) is 42.6 Å². The molecule has 0 spiro atoms. The minimum atomic E-state index is -0.859. The van der Waals surface area contributed by atoms with Crippen molar-refractivity contribution in [1.82, 2.24) is 19.8 Å². The van der Waals surface area contributed by atoms with Gasteiger partial charge in [0.05, 0.1) is 34.5 Å². The molecule has 8 rings (SSSR count). The standard InChI is InChI=1S/2C26H29ClN2O3/c2*1-26(2,3)32-25(31)29-15-7-6-10-23(29)24(30)20-16-22(17-11-13-18(27)14-12-17)28-21-9-5-4-8-19(20)21/h2*4-5,8-9,11-14,16,23-24,30H,6-7,10,15H2,1-3H3/t23-,24+;23-,24-/m00/s1. The van der Waals surface area contributed by atoms with Gasteiger partial charge >= 0.3 is 12.2 Å². The quantitative estimate of drug-likeness (QED) is 0.169. The summed E-state index contributed by atoms with van der Waals surface area (Å²) in [5.74, 6) is 0. The van der Waals surface area contributed by atoms with Gasteiger partial charge in [-0.3, -0.25) is 0 Å². The van der Waals surface area contributed by atoms with Gasteiger partial charge in [0.2, 0.25) is 0 Å². The normalized spacial score (nSPS) is 17.9. The van der Waals surface area contributed by atoms with Gasteiger partial charge in [0.15, 0.2) is 0 Å². The smallest absolute Gasteiger partial charge is 0.410 e. The molecule has 12 heteroatoms. The molecule has 0 radical (unpaired) electrons. The van der Waals surface area contributed by atoms with Crippen molar-refractivity contribution in [2.24, 2.45) is 0 Å². The second kappa shape index (κ2) is 19.9. The molecule has 2 amide bonds. The number of hydrogen-bond donors (Lipinski definition) is 2. The number of ether oxygens (including phenoxy) is 2. The van der Waals surface area contributed by atoms with E-state index in [9.17, 15) is 19.8 Å². The van der Waals surface area contributed by atoms with Crippen molar-refractivity contribution < 1.29 is 29.3 Å². The Morgan fingerprint density at radius 2 is 0.938 bits per heavy atom. The third kappa shape index (κ3) is 11.3. The van der Waals surface area contributed by atoms with Crippen LogP contribution in [0.25, 0.3) is 44.3 Å². The van der Waals surface area contributed by atoms with Gasteiger partial charge in [0, 0.05) is 45.0 Å². The van der Waals surface area contributed by atoms with E-state index < -0.39 is 23.4 Å². The number of likely N-dealkylation sites (tertiary alicyclic amines) is 2. The summed E-state index contributed by atoms with van der Waals surface area (Å²) < 4.78 is 11.3. The molecule has 4 aromatic carbocycles. The summed E-state index contributed by atoms with van der Waals surface area (Å²) in [5.41, 5.74) is 5.31. The zero-order valence-corrected chi connectivity index (χ0v) is 38.9. The zero-order valence-electron chi connectivity index (χ0n) is 37.4. The van der Waals surface area contributed by atoms with Crippen LogP contribution in [0.3, 0.4) is 0 Å². The summed E-state index contributed by atoms with van der Waals surface area (Å²) in [4.78, 5) is 38.8. The van der Waals surface area contributed by atoms with Crippen LogP contribution in [0, 0.1) is 0 Å². The zero-order chi connectivity index (χ0) is 45.8. The molecule has 2 aromatic heterocycles. The second-order valence-electron chi connectivity index (χ2n) is 18.6. The summed E-state index contributed by atoms with van der Waals surface area (Å²) in [6.07, 6.45) is 2.66. The average Bonchev–Trinajstić information content (AvgIpc) is 3.27. The Bertz CT molecular complexity index is 2400. The maximum Gasteiger partial charge on any atom is 0.410 e. The van der Waals surface area contributed by atoms with Gasteiger partial charge < -0.3 is 29.5 Å². The van der Waals surface area contributed by atoms with Crippen molar-refractivity contribution in [3.05, 3.63) is 130 Å². The highest BCUT2D eigenvalue weighted by molar-refractivity contribution is 6.31. The number of carbonyl (C=O) groups excluding carboxylic acids is 2. The molecule has 2 aliphatic heterocycles. The predicted octanol–water partition coefficient (Wildman–Crippen LogP) is 12.8. The number of benzene rings is 4. The molecule has 4 atom stereocenters. The van der Waals surface area contributed by atoms with Gasteiger partial charge in [0.1, 0.15) is 23.4 Å². The Kier molecular flexibility index (Phi) is 14.5. The van der Waals surface area contributed by atoms with Gasteiger partial charge in [-0.1, -0.05) is 83.9 Å². The van der Waals surface area contributed by atoms with Gasteiger partial charge in [-0.2, -0.15) is 0 Å². The lowest BCUT2D eigenvalue weighted by atomic mass is 9.90. The van der Waals surface area contributed by atoms with Crippen molar-refractivity contribution in [2.45, 2.75) is 116 Å². The molecule has 336 valence electrons. The monoisotopic (exact) mass is 904 g/mol. The number of piperidine rings is 2. The fourth-order valence-electron chi connectivity index (χ4n) is 8.51. The topological polar surface area (TPSA) is 125 Å². The molecule has 2 aliphatic rings. The third-order valence-corrected chi connectivity index (χ3v) is 12.0. The molecule has 0 unspecified atom stereocenters. The van der Waals surface area contributed by atoms with Crippen LogP contribution in [-0.2, 0) is 9.47 Å². The highest BCUT2D eigenvalue weighted by Gasteiger charge is 2.38. The molecule has 0 bridgehead atoms. The number of aliphatic hydroxyl groups is 2. The maximum absolute atomic E-state index is 12.9.